The van der Waals surface area contributed by atoms with E-state index in [0.29, 0.717) is 0 Å². The highest BCUT2D eigenvalue weighted by molar-refractivity contribution is 7.89. The molecule has 0 amide bonds. The lowest BCUT2D eigenvalue weighted by Gasteiger charge is -2.07. The average molecular weight is 328 g/mol. The molecule has 0 saturated heterocycles. The van der Waals surface area contributed by atoms with E-state index in [4.69, 9.17) is 5.11 Å². The van der Waals surface area contributed by atoms with E-state index in [0.717, 1.165) is 16.8 Å². The summed E-state index contributed by atoms with van der Waals surface area (Å²) in [7, 11) is -2.62. The van der Waals surface area contributed by atoms with Gasteiger partial charge in [-0.15, -0.1) is 0 Å². The first kappa shape index (κ1) is 15.9. The standard InChI is InChI=1S/C11H12N4O6S/c1-15-9-7(10(18)14-11(15)19)4-6(5-12-9)22(20,21)13-3-2-8(16)17/h4-5,13H,2-3H2,1H3,(H,16,17)(H,14,18,19). The van der Waals surface area contributed by atoms with Crippen LogP contribution in [0.15, 0.2) is 26.7 Å². The third kappa shape index (κ3) is 3.04. The SMILES string of the molecule is Cn1c(=O)[nH]c(=O)c2cc(S(=O)(=O)NCCC(=O)O)cnc21. The highest BCUT2D eigenvalue weighted by Crippen LogP contribution is 2.12. The van der Waals surface area contributed by atoms with Gasteiger partial charge in [-0.2, -0.15) is 0 Å². The summed E-state index contributed by atoms with van der Waals surface area (Å²) in [5.74, 6) is -1.15. The number of hydrogen-bond donors (Lipinski definition) is 3. The zero-order valence-electron chi connectivity index (χ0n) is 11.4. The normalized spacial score (nSPS) is 11.7. The van der Waals surface area contributed by atoms with E-state index in [1.807, 2.05) is 4.98 Å². The number of rotatable bonds is 5. The van der Waals surface area contributed by atoms with Crippen LogP contribution in [-0.2, 0) is 21.9 Å². The van der Waals surface area contributed by atoms with Crippen molar-refractivity contribution in [2.75, 3.05) is 6.54 Å². The molecule has 0 aliphatic carbocycles. The molecule has 10 nitrogen and oxygen atoms in total. The first-order valence-corrected chi connectivity index (χ1v) is 7.51. The minimum atomic E-state index is -4.00. The summed E-state index contributed by atoms with van der Waals surface area (Å²) in [5.41, 5.74) is -1.38. The fourth-order valence-corrected chi connectivity index (χ4v) is 2.74. The van der Waals surface area contributed by atoms with Crippen molar-refractivity contribution in [3.8, 4) is 0 Å². The predicted molar refractivity (Wildman–Crippen MR) is 75.0 cm³/mol. The van der Waals surface area contributed by atoms with Crippen LogP contribution in [0, 0.1) is 0 Å². The van der Waals surface area contributed by atoms with Gasteiger partial charge in [-0.1, -0.05) is 0 Å². The quantitative estimate of drug-likeness (QED) is 0.596. The van der Waals surface area contributed by atoms with Gasteiger partial charge in [0.15, 0.2) is 0 Å². The molecule has 2 aromatic heterocycles. The Morgan fingerprint density at radius 3 is 2.77 bits per heavy atom. The minimum absolute atomic E-state index is 0.0400. The van der Waals surface area contributed by atoms with Crippen molar-refractivity contribution in [2.45, 2.75) is 11.3 Å². The van der Waals surface area contributed by atoms with Gasteiger partial charge in [0.25, 0.3) is 5.56 Å². The van der Waals surface area contributed by atoms with Gasteiger partial charge in [0.2, 0.25) is 10.0 Å². The third-order valence-electron chi connectivity index (χ3n) is 2.87. The molecule has 2 rings (SSSR count). The zero-order valence-corrected chi connectivity index (χ0v) is 12.2. The van der Waals surface area contributed by atoms with Gasteiger partial charge < -0.3 is 5.11 Å². The number of nitrogens with zero attached hydrogens (tertiary/aromatic N) is 2. The van der Waals surface area contributed by atoms with E-state index < -0.39 is 27.2 Å². The molecule has 0 atom stereocenters. The Hall–Kier alpha value is -2.53. The lowest BCUT2D eigenvalue weighted by molar-refractivity contribution is -0.136. The number of aliphatic carboxylic acids is 1. The number of nitrogens with one attached hydrogen (secondary N) is 2. The zero-order chi connectivity index (χ0) is 16.5. The third-order valence-corrected chi connectivity index (χ3v) is 4.30. The van der Waals surface area contributed by atoms with Gasteiger partial charge in [0.1, 0.15) is 10.5 Å². The van der Waals surface area contributed by atoms with Crippen molar-refractivity contribution in [1.82, 2.24) is 19.3 Å². The molecule has 0 saturated carbocycles. The summed E-state index contributed by atoms with van der Waals surface area (Å²) in [6.45, 7) is -0.292. The Morgan fingerprint density at radius 2 is 2.14 bits per heavy atom. The highest BCUT2D eigenvalue weighted by atomic mass is 32.2. The summed E-state index contributed by atoms with van der Waals surface area (Å²) in [5, 5.41) is 8.42. The molecule has 0 bridgehead atoms. The monoisotopic (exact) mass is 328 g/mol. The van der Waals surface area contributed by atoms with Crippen LogP contribution in [0.2, 0.25) is 0 Å². The van der Waals surface area contributed by atoms with Crippen molar-refractivity contribution in [3.05, 3.63) is 33.1 Å². The van der Waals surface area contributed by atoms with Gasteiger partial charge in [0.05, 0.1) is 11.8 Å². The van der Waals surface area contributed by atoms with Crippen molar-refractivity contribution in [2.24, 2.45) is 7.05 Å². The first-order valence-electron chi connectivity index (χ1n) is 6.03. The number of H-pyrrole nitrogens is 1. The van der Waals surface area contributed by atoms with Gasteiger partial charge in [-0.25, -0.2) is 22.9 Å². The fraction of sp³-hybridized carbons (Fsp3) is 0.273. The van der Waals surface area contributed by atoms with E-state index in [9.17, 15) is 22.8 Å². The van der Waals surface area contributed by atoms with Gasteiger partial charge >= 0.3 is 11.7 Å². The molecule has 2 aromatic rings. The number of pyridine rings is 1. The topological polar surface area (TPSA) is 151 Å². The van der Waals surface area contributed by atoms with Crippen LogP contribution in [0.4, 0.5) is 0 Å². The number of aryl methyl sites for hydroxylation is 1. The highest BCUT2D eigenvalue weighted by Gasteiger charge is 2.17. The fourth-order valence-electron chi connectivity index (χ4n) is 1.74. The number of sulfonamides is 1. The van der Waals surface area contributed by atoms with Crippen LogP contribution in [0.5, 0.6) is 0 Å². The van der Waals surface area contributed by atoms with E-state index in [2.05, 4.69) is 9.71 Å². The molecule has 22 heavy (non-hydrogen) atoms. The largest absolute Gasteiger partial charge is 0.481 e. The Kier molecular flexibility index (Phi) is 4.10. The molecular weight excluding hydrogens is 316 g/mol. The Bertz CT molecular complexity index is 959. The summed E-state index contributed by atoms with van der Waals surface area (Å²) >= 11 is 0. The number of aromatic amines is 1. The Morgan fingerprint density at radius 1 is 1.45 bits per heavy atom. The second-order valence-corrected chi connectivity index (χ2v) is 6.17. The van der Waals surface area contributed by atoms with Crippen LogP contribution in [0.1, 0.15) is 6.42 Å². The molecule has 0 aliphatic heterocycles. The van der Waals surface area contributed by atoms with Crippen LogP contribution < -0.4 is 16.0 Å². The summed E-state index contributed by atoms with van der Waals surface area (Å²) in [6.07, 6.45) is 0.611. The number of carbonyl (C=O) groups is 1. The molecule has 0 radical (unpaired) electrons. The van der Waals surface area contributed by atoms with Crippen LogP contribution in [-0.4, -0.2) is 40.6 Å². The molecule has 0 aromatic carbocycles. The van der Waals surface area contributed by atoms with Gasteiger partial charge in [0, 0.05) is 19.8 Å². The second kappa shape index (κ2) is 5.69. The molecular formula is C11H12N4O6S. The van der Waals surface area contributed by atoms with Crippen molar-refractivity contribution in [1.29, 1.82) is 0 Å². The number of hydrogen-bond acceptors (Lipinski definition) is 6. The summed E-state index contributed by atoms with van der Waals surface area (Å²) < 4.78 is 27.2. The molecule has 0 aliphatic rings. The lowest BCUT2D eigenvalue weighted by Crippen LogP contribution is -2.30. The van der Waals surface area contributed by atoms with Gasteiger partial charge in [-0.3, -0.25) is 19.1 Å². The molecule has 0 spiro atoms. The lowest BCUT2D eigenvalue weighted by atomic mass is 10.3. The number of aromatic nitrogens is 3. The molecule has 3 N–H and O–H groups in total. The Labute approximate surface area is 123 Å². The first-order chi connectivity index (χ1) is 10.2. The van der Waals surface area contributed by atoms with Crippen molar-refractivity contribution in [3.63, 3.8) is 0 Å². The number of fused-ring (bicyclic) bond motifs is 1. The van der Waals surface area contributed by atoms with Crippen molar-refractivity contribution >= 4 is 27.0 Å². The molecule has 0 fully saturated rings. The van der Waals surface area contributed by atoms with Crippen LogP contribution in [0.3, 0.4) is 0 Å². The van der Waals surface area contributed by atoms with E-state index in [-0.39, 0.29) is 28.9 Å². The molecule has 0 unspecified atom stereocenters. The van der Waals surface area contributed by atoms with E-state index in [1.54, 1.807) is 0 Å². The summed E-state index contributed by atoms with van der Waals surface area (Å²) in [4.78, 5) is 39.1. The molecule has 11 heteroatoms. The van der Waals surface area contributed by atoms with E-state index >= 15 is 0 Å². The maximum atomic E-state index is 12.0. The number of carboxylic acids is 1. The predicted octanol–water partition coefficient (Wildman–Crippen LogP) is -1.63. The average Bonchev–Trinajstić information content (AvgIpc) is 2.43. The van der Waals surface area contributed by atoms with Crippen LogP contribution >= 0.6 is 0 Å². The summed E-state index contributed by atoms with van der Waals surface area (Å²) in [6, 6.07) is 1.07. The van der Waals surface area contributed by atoms with Crippen molar-refractivity contribution < 1.29 is 18.3 Å². The molecule has 2 heterocycles. The number of carboxylic acid groups (broad SMARTS) is 1. The maximum absolute atomic E-state index is 12.0. The van der Waals surface area contributed by atoms with Gasteiger partial charge in [-0.05, 0) is 6.07 Å². The molecule has 118 valence electrons. The minimum Gasteiger partial charge on any atom is -0.481 e. The van der Waals surface area contributed by atoms with Crippen LogP contribution in [0.25, 0.3) is 11.0 Å². The Balaban J connectivity index is 2.48. The van der Waals surface area contributed by atoms with E-state index in [1.165, 1.54) is 7.05 Å². The maximum Gasteiger partial charge on any atom is 0.329 e. The second-order valence-electron chi connectivity index (χ2n) is 4.40. The smallest absolute Gasteiger partial charge is 0.329 e.